The van der Waals surface area contributed by atoms with Gasteiger partial charge in [-0.05, 0) is 111 Å². The molecular formula is C43H34N2. The van der Waals surface area contributed by atoms with Crippen molar-refractivity contribution in [1.82, 2.24) is 9.55 Å². The summed E-state index contributed by atoms with van der Waals surface area (Å²) < 4.78 is 2.36. The summed E-state index contributed by atoms with van der Waals surface area (Å²) in [5.41, 5.74) is 12.9. The summed E-state index contributed by atoms with van der Waals surface area (Å²) in [5.74, 6) is 1.01. The van der Waals surface area contributed by atoms with Crippen LogP contribution < -0.4 is 10.4 Å². The smallest absolute Gasteiger partial charge is 0.145 e. The molecule has 0 atom stereocenters. The van der Waals surface area contributed by atoms with Crippen LogP contribution in [0.1, 0.15) is 48.8 Å². The summed E-state index contributed by atoms with van der Waals surface area (Å²) >= 11 is 0. The zero-order chi connectivity index (χ0) is 29.7. The molecule has 0 radical (unpaired) electrons. The van der Waals surface area contributed by atoms with E-state index < -0.39 is 0 Å². The average Bonchev–Trinajstić information content (AvgIpc) is 3.50. The van der Waals surface area contributed by atoms with E-state index in [1.54, 1.807) is 0 Å². The number of allylic oxidation sites excluding steroid dienone is 5. The monoisotopic (exact) mass is 578 g/mol. The van der Waals surface area contributed by atoms with Crippen molar-refractivity contribution in [3.05, 3.63) is 142 Å². The largest absolute Gasteiger partial charge is 0.296 e. The summed E-state index contributed by atoms with van der Waals surface area (Å²) in [6.45, 7) is 0. The first-order valence-corrected chi connectivity index (χ1v) is 16.3. The minimum Gasteiger partial charge on any atom is -0.296 e. The number of nitrogens with zero attached hydrogens (tertiary/aromatic N) is 2. The Labute approximate surface area is 263 Å². The number of aryl methyl sites for hydroxylation is 1. The van der Waals surface area contributed by atoms with Crippen LogP contribution in [-0.2, 0) is 6.42 Å². The van der Waals surface area contributed by atoms with Crippen molar-refractivity contribution in [1.29, 1.82) is 0 Å². The highest BCUT2D eigenvalue weighted by Crippen LogP contribution is 2.37. The van der Waals surface area contributed by atoms with Gasteiger partial charge < -0.3 is 0 Å². The number of fused-ring (bicyclic) bond motifs is 4. The van der Waals surface area contributed by atoms with Gasteiger partial charge in [-0.15, -0.1) is 0 Å². The van der Waals surface area contributed by atoms with E-state index in [4.69, 9.17) is 4.98 Å². The van der Waals surface area contributed by atoms with Gasteiger partial charge in [-0.1, -0.05) is 115 Å². The van der Waals surface area contributed by atoms with Gasteiger partial charge in [-0.3, -0.25) is 4.57 Å². The average molecular weight is 579 g/mol. The van der Waals surface area contributed by atoms with E-state index in [2.05, 4.69) is 138 Å². The number of hydrogen-bond acceptors (Lipinski definition) is 1. The van der Waals surface area contributed by atoms with Gasteiger partial charge in [0.2, 0.25) is 0 Å². The van der Waals surface area contributed by atoms with Crippen LogP contribution in [0.4, 0.5) is 0 Å². The van der Waals surface area contributed by atoms with Gasteiger partial charge in [-0.2, -0.15) is 0 Å². The fourth-order valence-corrected chi connectivity index (χ4v) is 7.72. The van der Waals surface area contributed by atoms with E-state index in [0.29, 0.717) is 0 Å². The standard InChI is InChI=1S/C43H34N2/c1-2-14-34(15-3-1)45-40-21-11-10-20-39(40)44-43(45)31-25-23-30(24-26-31)41-35-16-6-8-18-37(35)42(38-19-9-7-17-36(38)41)33-27-22-29-12-4-5-13-32(29)28-33/h1-2,4-6,8,10-14,16-21,23-26,28H,3,7,9,15,22,27H2. The minimum absolute atomic E-state index is 1.01. The van der Waals surface area contributed by atoms with Gasteiger partial charge in [0.05, 0.1) is 11.0 Å². The fraction of sp³-hybridized carbons (Fsp3) is 0.140. The SMILES string of the molecule is C1=CCCC(n2c(-c3ccc(-c4c5c(c(C6=Cc7ccccc7CC6)c6ccccc46)=CCCC=5)cc3)nc3ccccc32)=C1. The van der Waals surface area contributed by atoms with E-state index in [-0.39, 0.29) is 0 Å². The molecule has 0 saturated heterocycles. The molecule has 3 aliphatic carbocycles. The molecule has 216 valence electrons. The van der Waals surface area contributed by atoms with Crippen LogP contribution in [0.15, 0.2) is 115 Å². The minimum atomic E-state index is 1.01. The molecule has 1 aromatic heterocycles. The molecule has 5 aromatic carbocycles. The molecular weight excluding hydrogens is 544 g/mol. The second kappa shape index (κ2) is 10.7. The van der Waals surface area contributed by atoms with Crippen LogP contribution in [0.2, 0.25) is 0 Å². The van der Waals surface area contributed by atoms with Crippen LogP contribution >= 0.6 is 0 Å². The summed E-state index contributed by atoms with van der Waals surface area (Å²) in [6, 6.07) is 35.6. The Kier molecular flexibility index (Phi) is 6.26. The Bertz CT molecular complexity index is 2360. The molecule has 45 heavy (non-hydrogen) atoms. The van der Waals surface area contributed by atoms with E-state index in [0.717, 1.165) is 55.4 Å². The Morgan fingerprint density at radius 3 is 2.13 bits per heavy atom. The highest BCUT2D eigenvalue weighted by atomic mass is 15.1. The van der Waals surface area contributed by atoms with Crippen LogP contribution in [0.25, 0.3) is 73.8 Å². The number of benzene rings is 5. The van der Waals surface area contributed by atoms with Crippen LogP contribution in [0.3, 0.4) is 0 Å². The van der Waals surface area contributed by atoms with Gasteiger partial charge in [0.1, 0.15) is 5.82 Å². The molecule has 0 amide bonds. The molecule has 0 N–H and O–H groups in total. The normalized spacial score (nSPS) is 15.6. The third-order valence-electron chi connectivity index (χ3n) is 9.80. The van der Waals surface area contributed by atoms with Crippen molar-refractivity contribution in [2.24, 2.45) is 0 Å². The van der Waals surface area contributed by atoms with E-state index in [9.17, 15) is 0 Å². The summed E-state index contributed by atoms with van der Waals surface area (Å²) in [6.07, 6.45) is 20.5. The van der Waals surface area contributed by atoms with Gasteiger partial charge in [0.25, 0.3) is 0 Å². The molecule has 1 heterocycles. The molecule has 6 aromatic rings. The third-order valence-corrected chi connectivity index (χ3v) is 9.80. The van der Waals surface area contributed by atoms with Crippen LogP contribution in [0.5, 0.6) is 0 Å². The number of rotatable bonds is 4. The zero-order valence-corrected chi connectivity index (χ0v) is 25.3. The predicted octanol–water partition coefficient (Wildman–Crippen LogP) is 9.56. The first-order chi connectivity index (χ1) is 22.3. The van der Waals surface area contributed by atoms with Crippen LogP contribution in [0, 0.1) is 0 Å². The van der Waals surface area contributed by atoms with Gasteiger partial charge in [0.15, 0.2) is 0 Å². The predicted molar refractivity (Wildman–Crippen MR) is 191 cm³/mol. The zero-order valence-electron chi connectivity index (χ0n) is 25.3. The Hall–Kier alpha value is -5.21. The van der Waals surface area contributed by atoms with Crippen molar-refractivity contribution >= 4 is 51.3 Å². The molecule has 2 nitrogen and oxygen atoms in total. The second-order valence-corrected chi connectivity index (χ2v) is 12.4. The lowest BCUT2D eigenvalue weighted by atomic mass is 9.82. The molecule has 2 heteroatoms. The quantitative estimate of drug-likeness (QED) is 0.204. The van der Waals surface area contributed by atoms with Crippen molar-refractivity contribution in [2.75, 3.05) is 0 Å². The van der Waals surface area contributed by atoms with Crippen LogP contribution in [-0.4, -0.2) is 9.55 Å². The lowest BCUT2D eigenvalue weighted by Gasteiger charge is -2.22. The Morgan fingerprint density at radius 2 is 1.31 bits per heavy atom. The summed E-state index contributed by atoms with van der Waals surface area (Å²) in [4.78, 5) is 5.14. The molecule has 3 aliphatic rings. The van der Waals surface area contributed by atoms with Crippen molar-refractivity contribution < 1.29 is 0 Å². The van der Waals surface area contributed by atoms with E-state index >= 15 is 0 Å². The van der Waals surface area contributed by atoms with E-state index in [1.807, 2.05) is 0 Å². The molecule has 0 saturated carbocycles. The number of aromatic nitrogens is 2. The molecule has 0 unspecified atom stereocenters. The first-order valence-electron chi connectivity index (χ1n) is 16.3. The molecule has 0 bridgehead atoms. The van der Waals surface area contributed by atoms with Crippen molar-refractivity contribution in [2.45, 2.75) is 38.5 Å². The fourth-order valence-electron chi connectivity index (χ4n) is 7.72. The summed E-state index contributed by atoms with van der Waals surface area (Å²) in [5, 5.41) is 5.47. The highest BCUT2D eigenvalue weighted by Gasteiger charge is 2.21. The van der Waals surface area contributed by atoms with Crippen molar-refractivity contribution in [3.8, 4) is 22.5 Å². The lowest BCUT2D eigenvalue weighted by Crippen LogP contribution is -2.33. The lowest BCUT2D eigenvalue weighted by molar-refractivity contribution is 0.960. The van der Waals surface area contributed by atoms with Crippen molar-refractivity contribution in [3.63, 3.8) is 0 Å². The van der Waals surface area contributed by atoms with Gasteiger partial charge >= 0.3 is 0 Å². The topological polar surface area (TPSA) is 17.8 Å². The Morgan fingerprint density at radius 1 is 0.600 bits per heavy atom. The Balaban J connectivity index is 1.22. The third kappa shape index (κ3) is 4.36. The maximum Gasteiger partial charge on any atom is 0.145 e. The maximum atomic E-state index is 5.14. The number of hydrogen-bond donors (Lipinski definition) is 0. The highest BCUT2D eigenvalue weighted by molar-refractivity contribution is 6.06. The molecule has 9 rings (SSSR count). The molecule has 0 spiro atoms. The summed E-state index contributed by atoms with van der Waals surface area (Å²) in [7, 11) is 0. The van der Waals surface area contributed by atoms with Gasteiger partial charge in [0, 0.05) is 11.3 Å². The van der Waals surface area contributed by atoms with Gasteiger partial charge in [-0.25, -0.2) is 4.98 Å². The number of imidazole rings is 1. The first kappa shape index (κ1) is 26.2. The van der Waals surface area contributed by atoms with E-state index in [1.165, 1.54) is 65.8 Å². The second-order valence-electron chi connectivity index (χ2n) is 12.4. The molecule has 0 fully saturated rings. The molecule has 0 aliphatic heterocycles. The maximum absolute atomic E-state index is 5.14. The number of para-hydroxylation sites is 2.